The lowest BCUT2D eigenvalue weighted by atomic mass is 10.1. The van der Waals surface area contributed by atoms with E-state index in [2.05, 4.69) is 5.32 Å². The molecule has 0 atom stereocenters. The van der Waals surface area contributed by atoms with Gasteiger partial charge >= 0.3 is 0 Å². The van der Waals surface area contributed by atoms with Crippen molar-refractivity contribution in [3.8, 4) is 10.4 Å². The topological polar surface area (TPSA) is 75.7 Å². The standard InChI is InChI=1S/C22H20F2N2O4S2/c1-14-12-19(31-21(14)15-2-4-16(23)5-3-15)22(27)25-17-6-7-18(24)20(13-17)32(28,29)26-8-10-30-11-9-26/h2-7,12-13H,8-11H2,1H3,(H,25,27). The number of amides is 1. The number of nitrogens with one attached hydrogen (secondary N) is 1. The third-order valence-corrected chi connectivity index (χ3v) is 8.22. The van der Waals surface area contributed by atoms with Crippen LogP contribution in [0, 0.1) is 18.6 Å². The van der Waals surface area contributed by atoms with Gasteiger partial charge in [-0.1, -0.05) is 12.1 Å². The maximum atomic E-state index is 14.4. The number of morpholine rings is 1. The molecular formula is C22H20F2N2O4S2. The first-order valence-electron chi connectivity index (χ1n) is 9.81. The number of carbonyl (C=O) groups is 1. The zero-order valence-corrected chi connectivity index (χ0v) is 18.7. The van der Waals surface area contributed by atoms with Crippen molar-refractivity contribution in [3.05, 3.63) is 70.6 Å². The summed E-state index contributed by atoms with van der Waals surface area (Å²) in [6.07, 6.45) is 0. The summed E-state index contributed by atoms with van der Waals surface area (Å²) in [4.78, 5) is 13.5. The summed E-state index contributed by atoms with van der Waals surface area (Å²) in [6, 6.07) is 11.1. The van der Waals surface area contributed by atoms with Crippen LogP contribution in [0.1, 0.15) is 15.2 Å². The number of rotatable bonds is 5. The third kappa shape index (κ3) is 4.58. The summed E-state index contributed by atoms with van der Waals surface area (Å²) in [6.45, 7) is 2.60. The minimum Gasteiger partial charge on any atom is -0.379 e. The van der Waals surface area contributed by atoms with Crippen LogP contribution in [0.2, 0.25) is 0 Å². The highest BCUT2D eigenvalue weighted by Crippen LogP contribution is 2.33. The Morgan fingerprint density at radius 3 is 2.44 bits per heavy atom. The van der Waals surface area contributed by atoms with E-state index in [1.54, 1.807) is 18.2 Å². The molecule has 168 valence electrons. The van der Waals surface area contributed by atoms with Crippen molar-refractivity contribution in [2.75, 3.05) is 31.6 Å². The summed E-state index contributed by atoms with van der Waals surface area (Å²) < 4.78 is 59.6. The molecule has 1 aliphatic rings. The van der Waals surface area contributed by atoms with Gasteiger partial charge < -0.3 is 10.1 Å². The summed E-state index contributed by atoms with van der Waals surface area (Å²) in [5.74, 6) is -1.69. The predicted molar refractivity (Wildman–Crippen MR) is 118 cm³/mol. The minimum absolute atomic E-state index is 0.138. The average molecular weight is 479 g/mol. The Hall–Kier alpha value is -2.66. The number of carbonyl (C=O) groups excluding carboxylic acids is 1. The minimum atomic E-state index is -4.06. The van der Waals surface area contributed by atoms with Crippen LogP contribution in [0.25, 0.3) is 10.4 Å². The lowest BCUT2D eigenvalue weighted by Gasteiger charge is -2.26. The van der Waals surface area contributed by atoms with Crippen LogP contribution >= 0.6 is 11.3 Å². The highest BCUT2D eigenvalue weighted by atomic mass is 32.2. The molecule has 0 aliphatic carbocycles. The van der Waals surface area contributed by atoms with E-state index in [-0.39, 0.29) is 37.8 Å². The Kier molecular flexibility index (Phi) is 6.38. The quantitative estimate of drug-likeness (QED) is 0.594. The van der Waals surface area contributed by atoms with Crippen molar-refractivity contribution >= 4 is 33.0 Å². The van der Waals surface area contributed by atoms with E-state index in [0.717, 1.165) is 32.4 Å². The number of anilines is 1. The fourth-order valence-electron chi connectivity index (χ4n) is 3.38. The van der Waals surface area contributed by atoms with Crippen LogP contribution in [-0.2, 0) is 14.8 Å². The van der Waals surface area contributed by atoms with Gasteiger partial charge in [0.2, 0.25) is 10.0 Å². The molecule has 1 N–H and O–H groups in total. The van der Waals surface area contributed by atoms with Crippen molar-refractivity contribution in [2.24, 2.45) is 0 Å². The predicted octanol–water partition coefficient (Wildman–Crippen LogP) is 4.27. The molecule has 3 aromatic rings. The molecule has 0 unspecified atom stereocenters. The first-order valence-corrected chi connectivity index (χ1v) is 12.1. The van der Waals surface area contributed by atoms with E-state index < -0.39 is 26.6 Å². The van der Waals surface area contributed by atoms with Gasteiger partial charge in [0.1, 0.15) is 16.5 Å². The number of aryl methyl sites for hydroxylation is 1. The molecule has 10 heteroatoms. The van der Waals surface area contributed by atoms with Gasteiger partial charge in [0, 0.05) is 23.7 Å². The summed E-state index contributed by atoms with van der Waals surface area (Å²) in [5, 5.41) is 2.64. The normalized spacial score (nSPS) is 15.0. The number of hydrogen-bond donors (Lipinski definition) is 1. The monoisotopic (exact) mass is 478 g/mol. The number of hydrogen-bond acceptors (Lipinski definition) is 5. The van der Waals surface area contributed by atoms with E-state index in [4.69, 9.17) is 4.74 Å². The summed E-state index contributed by atoms with van der Waals surface area (Å²) in [5.41, 5.74) is 1.80. The molecule has 0 radical (unpaired) electrons. The van der Waals surface area contributed by atoms with E-state index >= 15 is 0 Å². The van der Waals surface area contributed by atoms with Crippen molar-refractivity contribution in [3.63, 3.8) is 0 Å². The Balaban J connectivity index is 1.57. The molecule has 0 spiro atoms. The van der Waals surface area contributed by atoms with Gasteiger partial charge in [0.25, 0.3) is 5.91 Å². The van der Waals surface area contributed by atoms with Gasteiger partial charge in [-0.2, -0.15) is 4.31 Å². The Morgan fingerprint density at radius 2 is 1.75 bits per heavy atom. The molecule has 1 saturated heterocycles. The van der Waals surface area contributed by atoms with E-state index in [9.17, 15) is 22.0 Å². The highest BCUT2D eigenvalue weighted by Gasteiger charge is 2.29. The SMILES string of the molecule is Cc1cc(C(=O)Nc2ccc(F)c(S(=O)(=O)N3CCOCC3)c2)sc1-c1ccc(F)cc1. The second kappa shape index (κ2) is 9.07. The van der Waals surface area contributed by atoms with Gasteiger partial charge in [-0.3, -0.25) is 4.79 Å². The van der Waals surface area contributed by atoms with E-state index in [1.165, 1.54) is 29.5 Å². The molecule has 1 aromatic heterocycles. The van der Waals surface area contributed by atoms with Crippen LogP contribution in [-0.4, -0.2) is 44.9 Å². The first kappa shape index (κ1) is 22.5. The molecule has 2 heterocycles. The third-order valence-electron chi connectivity index (χ3n) is 5.02. The molecule has 6 nitrogen and oxygen atoms in total. The molecule has 4 rings (SSSR count). The number of ether oxygens (including phenoxy) is 1. The average Bonchev–Trinajstić information content (AvgIpc) is 3.18. The van der Waals surface area contributed by atoms with Crippen molar-refractivity contribution < 1.29 is 26.7 Å². The molecule has 1 amide bonds. The van der Waals surface area contributed by atoms with Gasteiger partial charge in [0.15, 0.2) is 0 Å². The van der Waals surface area contributed by atoms with Crippen LogP contribution in [0.3, 0.4) is 0 Å². The smallest absolute Gasteiger partial charge is 0.265 e. The van der Waals surface area contributed by atoms with Crippen LogP contribution < -0.4 is 5.32 Å². The van der Waals surface area contributed by atoms with Gasteiger partial charge in [-0.25, -0.2) is 17.2 Å². The maximum absolute atomic E-state index is 14.4. The van der Waals surface area contributed by atoms with Crippen LogP contribution in [0.5, 0.6) is 0 Å². The zero-order valence-electron chi connectivity index (χ0n) is 17.1. The van der Waals surface area contributed by atoms with E-state index in [0.29, 0.717) is 4.88 Å². The van der Waals surface area contributed by atoms with Gasteiger partial charge in [-0.15, -0.1) is 11.3 Å². The van der Waals surface area contributed by atoms with Crippen LogP contribution in [0.15, 0.2) is 53.4 Å². The lowest BCUT2D eigenvalue weighted by molar-refractivity contribution is 0.0729. The summed E-state index contributed by atoms with van der Waals surface area (Å²) in [7, 11) is -4.06. The Labute approximate surface area is 188 Å². The van der Waals surface area contributed by atoms with Crippen LogP contribution in [0.4, 0.5) is 14.5 Å². The van der Waals surface area contributed by atoms with Crippen molar-refractivity contribution in [1.29, 1.82) is 0 Å². The molecule has 1 fully saturated rings. The molecule has 32 heavy (non-hydrogen) atoms. The lowest BCUT2D eigenvalue weighted by Crippen LogP contribution is -2.40. The molecular weight excluding hydrogens is 458 g/mol. The van der Waals surface area contributed by atoms with Gasteiger partial charge in [-0.05, 0) is 54.4 Å². The first-order chi connectivity index (χ1) is 15.3. The van der Waals surface area contributed by atoms with Crippen molar-refractivity contribution in [1.82, 2.24) is 4.31 Å². The fourth-order valence-corrected chi connectivity index (χ4v) is 5.95. The molecule has 0 bridgehead atoms. The second-order valence-corrected chi connectivity index (χ2v) is 10.2. The molecule has 2 aromatic carbocycles. The zero-order chi connectivity index (χ0) is 22.9. The number of benzene rings is 2. The molecule has 0 saturated carbocycles. The van der Waals surface area contributed by atoms with E-state index in [1.807, 2.05) is 6.92 Å². The molecule has 1 aliphatic heterocycles. The van der Waals surface area contributed by atoms with Gasteiger partial charge in [0.05, 0.1) is 18.1 Å². The largest absolute Gasteiger partial charge is 0.379 e. The number of nitrogens with zero attached hydrogens (tertiary/aromatic N) is 1. The maximum Gasteiger partial charge on any atom is 0.265 e. The fraction of sp³-hybridized carbons (Fsp3) is 0.227. The summed E-state index contributed by atoms with van der Waals surface area (Å²) >= 11 is 1.23. The second-order valence-electron chi connectivity index (χ2n) is 7.25. The number of sulfonamides is 1. The Morgan fingerprint density at radius 1 is 1.06 bits per heavy atom. The number of thiophene rings is 1. The number of halogens is 2. The van der Waals surface area contributed by atoms with Crippen molar-refractivity contribution in [2.45, 2.75) is 11.8 Å². The Bertz CT molecular complexity index is 1250. The highest BCUT2D eigenvalue weighted by molar-refractivity contribution is 7.89.